The van der Waals surface area contributed by atoms with E-state index in [2.05, 4.69) is 70.4 Å². The number of nitrogens with zero attached hydrogens (tertiary/aromatic N) is 5. The van der Waals surface area contributed by atoms with Gasteiger partial charge >= 0.3 is 0 Å². The van der Waals surface area contributed by atoms with Crippen molar-refractivity contribution in [1.82, 2.24) is 25.2 Å². The van der Waals surface area contributed by atoms with E-state index in [9.17, 15) is 4.79 Å². The Labute approximate surface area is 202 Å². The Kier molecular flexibility index (Phi) is 5.02. The number of rotatable bonds is 5. The van der Waals surface area contributed by atoms with Crippen molar-refractivity contribution in [3.8, 4) is 0 Å². The molecule has 2 aromatic carbocycles. The Balaban J connectivity index is 1.57. The summed E-state index contributed by atoms with van der Waals surface area (Å²) in [5.74, 6) is 1.34. The summed E-state index contributed by atoms with van der Waals surface area (Å²) in [4.78, 5) is 19.0. The van der Waals surface area contributed by atoms with Crippen LogP contribution in [0.4, 0.5) is 5.69 Å². The van der Waals surface area contributed by atoms with Crippen molar-refractivity contribution < 1.29 is 4.42 Å². The van der Waals surface area contributed by atoms with Crippen molar-refractivity contribution >= 4 is 16.6 Å². The number of hydrogen-bond donors (Lipinski definition) is 1. The molecule has 35 heavy (non-hydrogen) atoms. The third kappa shape index (κ3) is 3.62. The summed E-state index contributed by atoms with van der Waals surface area (Å²) < 4.78 is 7.28. The lowest BCUT2D eigenvalue weighted by Crippen LogP contribution is -2.38. The number of aromatic nitrogens is 5. The summed E-state index contributed by atoms with van der Waals surface area (Å²) in [6, 6.07) is 17.9. The molecule has 0 amide bonds. The van der Waals surface area contributed by atoms with Crippen molar-refractivity contribution in [2.75, 3.05) is 4.90 Å². The van der Waals surface area contributed by atoms with Crippen LogP contribution >= 0.6 is 0 Å². The molecule has 0 saturated carbocycles. The Morgan fingerprint density at radius 1 is 1.11 bits per heavy atom. The molecule has 0 unspecified atom stereocenters. The third-order valence-electron chi connectivity index (χ3n) is 7.01. The molecule has 6 rings (SSSR count). The molecule has 2 atom stereocenters. The van der Waals surface area contributed by atoms with Gasteiger partial charge in [-0.2, -0.15) is 0 Å². The first-order valence-electron chi connectivity index (χ1n) is 11.8. The molecule has 8 heteroatoms. The van der Waals surface area contributed by atoms with Gasteiger partial charge in [0.2, 0.25) is 0 Å². The van der Waals surface area contributed by atoms with Crippen LogP contribution < -0.4 is 10.5 Å². The molecule has 1 aliphatic rings. The fourth-order valence-electron chi connectivity index (χ4n) is 5.16. The van der Waals surface area contributed by atoms with Crippen LogP contribution in [0.15, 0.2) is 70.1 Å². The number of fused-ring (bicyclic) bond motifs is 2. The van der Waals surface area contributed by atoms with Crippen LogP contribution in [-0.2, 0) is 13.0 Å². The Bertz CT molecular complexity index is 1580. The predicted octanol–water partition coefficient (Wildman–Crippen LogP) is 4.31. The molecule has 0 saturated heterocycles. The number of pyridine rings is 1. The van der Waals surface area contributed by atoms with E-state index in [1.807, 2.05) is 30.3 Å². The summed E-state index contributed by atoms with van der Waals surface area (Å²) in [7, 11) is 0. The van der Waals surface area contributed by atoms with E-state index in [1.165, 1.54) is 11.1 Å². The molecule has 0 spiro atoms. The lowest BCUT2D eigenvalue weighted by atomic mass is 10.00. The number of benzene rings is 2. The standard InChI is InChI=1S/C27H26N6O2/c1-16-11-20-14-22(27(34)28-23(20)12-17(16)2)25(33-18(3)13-19-7-4-5-9-24(19)33)26-29-30-31-32(26)15-21-8-6-10-35-21/h4-12,14,18,25H,13,15H2,1-3H3,(H,28,34)/t18-,25-/m1/s1. The number of tetrazole rings is 1. The number of aromatic amines is 1. The first-order valence-corrected chi connectivity index (χ1v) is 11.8. The van der Waals surface area contributed by atoms with E-state index in [-0.39, 0.29) is 11.6 Å². The molecule has 4 heterocycles. The molecule has 176 valence electrons. The Morgan fingerprint density at radius 3 is 2.77 bits per heavy atom. The maximum absolute atomic E-state index is 13.6. The molecular formula is C27H26N6O2. The molecule has 5 aromatic rings. The van der Waals surface area contributed by atoms with Gasteiger partial charge in [-0.3, -0.25) is 4.79 Å². The van der Waals surface area contributed by atoms with E-state index in [0.717, 1.165) is 34.3 Å². The van der Waals surface area contributed by atoms with E-state index < -0.39 is 6.04 Å². The van der Waals surface area contributed by atoms with Gasteiger partial charge in [0.25, 0.3) is 5.56 Å². The van der Waals surface area contributed by atoms with E-state index >= 15 is 0 Å². The maximum Gasteiger partial charge on any atom is 0.254 e. The largest absolute Gasteiger partial charge is 0.467 e. The number of hydrogen-bond acceptors (Lipinski definition) is 6. The van der Waals surface area contributed by atoms with E-state index in [0.29, 0.717) is 17.9 Å². The predicted molar refractivity (Wildman–Crippen MR) is 134 cm³/mol. The number of anilines is 1. The second-order valence-electron chi connectivity index (χ2n) is 9.34. The fraction of sp³-hybridized carbons (Fsp3) is 0.259. The average Bonchev–Trinajstić information content (AvgIpc) is 3.58. The van der Waals surface area contributed by atoms with Crippen molar-refractivity contribution in [2.45, 2.75) is 45.8 Å². The van der Waals surface area contributed by atoms with Gasteiger partial charge in [0.15, 0.2) is 5.82 Å². The van der Waals surface area contributed by atoms with Crippen LogP contribution in [0, 0.1) is 13.8 Å². The van der Waals surface area contributed by atoms with Crippen LogP contribution in [0.3, 0.4) is 0 Å². The van der Waals surface area contributed by atoms with Crippen LogP contribution in [0.25, 0.3) is 10.9 Å². The SMILES string of the molecule is Cc1cc2cc([C@H](c3nnnn3Cc3ccco3)N3c4ccccc4C[C@H]3C)c(=O)[nH]c2cc1C. The van der Waals surface area contributed by atoms with Gasteiger partial charge in [-0.1, -0.05) is 18.2 Å². The number of nitrogens with one attached hydrogen (secondary N) is 1. The third-order valence-corrected chi connectivity index (χ3v) is 7.01. The monoisotopic (exact) mass is 466 g/mol. The number of furan rings is 1. The molecular weight excluding hydrogens is 440 g/mol. The van der Waals surface area contributed by atoms with Gasteiger partial charge in [-0.05, 0) is 96.1 Å². The fourth-order valence-corrected chi connectivity index (χ4v) is 5.16. The van der Waals surface area contributed by atoms with E-state index in [1.54, 1.807) is 10.9 Å². The highest BCUT2D eigenvalue weighted by molar-refractivity contribution is 5.81. The van der Waals surface area contributed by atoms with Crippen molar-refractivity contribution in [2.24, 2.45) is 0 Å². The molecule has 8 nitrogen and oxygen atoms in total. The Morgan fingerprint density at radius 2 is 1.94 bits per heavy atom. The number of aryl methyl sites for hydroxylation is 2. The average molecular weight is 467 g/mol. The smallest absolute Gasteiger partial charge is 0.254 e. The van der Waals surface area contributed by atoms with Crippen LogP contribution in [0.2, 0.25) is 0 Å². The second-order valence-corrected chi connectivity index (χ2v) is 9.34. The summed E-state index contributed by atoms with van der Waals surface area (Å²) in [5, 5.41) is 13.7. The second kappa shape index (κ2) is 8.23. The van der Waals surface area contributed by atoms with E-state index in [4.69, 9.17) is 4.42 Å². The molecule has 1 aliphatic heterocycles. The summed E-state index contributed by atoms with van der Waals surface area (Å²) in [5.41, 5.74) is 5.95. The van der Waals surface area contributed by atoms with Gasteiger partial charge in [0.05, 0.1) is 6.26 Å². The molecule has 0 bridgehead atoms. The minimum atomic E-state index is -0.478. The first kappa shape index (κ1) is 21.3. The van der Waals surface area contributed by atoms with Gasteiger partial charge < -0.3 is 14.3 Å². The molecule has 0 fully saturated rings. The van der Waals surface area contributed by atoms with Crippen LogP contribution in [-0.4, -0.2) is 31.2 Å². The zero-order chi connectivity index (χ0) is 24.1. The minimum absolute atomic E-state index is 0.144. The maximum atomic E-state index is 13.6. The normalized spacial score (nSPS) is 16.1. The topological polar surface area (TPSA) is 92.8 Å². The lowest BCUT2D eigenvalue weighted by molar-refractivity contribution is 0.460. The number of para-hydroxylation sites is 1. The van der Waals surface area contributed by atoms with Crippen LogP contribution in [0.1, 0.15) is 46.8 Å². The lowest BCUT2D eigenvalue weighted by Gasteiger charge is -2.33. The quantitative estimate of drug-likeness (QED) is 0.415. The number of H-pyrrole nitrogens is 1. The molecule has 0 aliphatic carbocycles. The van der Waals surface area contributed by atoms with Gasteiger partial charge in [0.1, 0.15) is 18.3 Å². The molecule has 0 radical (unpaired) electrons. The minimum Gasteiger partial charge on any atom is -0.467 e. The molecule has 3 aromatic heterocycles. The zero-order valence-electron chi connectivity index (χ0n) is 19.9. The van der Waals surface area contributed by atoms with Crippen molar-refractivity contribution in [3.63, 3.8) is 0 Å². The van der Waals surface area contributed by atoms with Gasteiger partial charge in [-0.25, -0.2) is 4.68 Å². The first-order chi connectivity index (χ1) is 17.0. The Hall–Kier alpha value is -4.20. The highest BCUT2D eigenvalue weighted by Crippen LogP contribution is 2.40. The summed E-state index contributed by atoms with van der Waals surface area (Å²) >= 11 is 0. The molecule has 1 N–H and O–H groups in total. The van der Waals surface area contributed by atoms with Gasteiger partial charge in [0, 0.05) is 22.8 Å². The van der Waals surface area contributed by atoms with Crippen LogP contribution in [0.5, 0.6) is 0 Å². The summed E-state index contributed by atoms with van der Waals surface area (Å²) in [6.45, 7) is 6.69. The van der Waals surface area contributed by atoms with Crippen molar-refractivity contribution in [1.29, 1.82) is 0 Å². The zero-order valence-corrected chi connectivity index (χ0v) is 19.9. The van der Waals surface area contributed by atoms with Gasteiger partial charge in [-0.15, -0.1) is 5.10 Å². The highest BCUT2D eigenvalue weighted by Gasteiger charge is 2.38. The summed E-state index contributed by atoms with van der Waals surface area (Å²) in [6.07, 6.45) is 2.52. The highest BCUT2D eigenvalue weighted by atomic mass is 16.3. The van der Waals surface area contributed by atoms with Crippen molar-refractivity contribution in [3.05, 3.63) is 105 Å².